The monoisotopic (exact) mass is 364 g/mol. The van der Waals surface area contributed by atoms with Gasteiger partial charge in [0.25, 0.3) is 0 Å². The van der Waals surface area contributed by atoms with Gasteiger partial charge in [-0.05, 0) is 19.1 Å². The van der Waals surface area contributed by atoms with E-state index in [0.717, 1.165) is 15.0 Å². The average Bonchev–Trinajstić information content (AvgIpc) is 2.82. The summed E-state index contributed by atoms with van der Waals surface area (Å²) in [6, 6.07) is 2.28. The number of thiocarbonyl (C=S) groups is 2. The van der Waals surface area contributed by atoms with Crippen molar-refractivity contribution in [3.63, 3.8) is 0 Å². The fourth-order valence-electron chi connectivity index (χ4n) is 1.56. The molecule has 0 spiro atoms. The zero-order valence-corrected chi connectivity index (χ0v) is 15.5. The van der Waals surface area contributed by atoms with Gasteiger partial charge in [-0.15, -0.1) is 11.8 Å². The van der Waals surface area contributed by atoms with Crippen LogP contribution >= 0.6 is 59.7 Å². The minimum absolute atomic E-state index is 0.0103. The summed E-state index contributed by atoms with van der Waals surface area (Å²) in [7, 11) is 0. The molecule has 1 aliphatic rings. The molecule has 110 valence electrons. The lowest BCUT2D eigenvalue weighted by atomic mass is 10.1. The van der Waals surface area contributed by atoms with Crippen molar-refractivity contribution >= 4 is 73.5 Å². The molecule has 3 nitrogen and oxygen atoms in total. The van der Waals surface area contributed by atoms with Crippen molar-refractivity contribution in [1.82, 2.24) is 4.90 Å². The first-order valence-electron chi connectivity index (χ1n) is 6.16. The number of carbonyl (C=O) groups excluding carboxylic acids is 1. The molecule has 1 aliphatic heterocycles. The van der Waals surface area contributed by atoms with Crippen LogP contribution in [0.3, 0.4) is 0 Å². The molecule has 1 rings (SSSR count). The first kappa shape index (κ1) is 18.2. The molecule has 1 atom stereocenters. The van der Waals surface area contributed by atoms with Crippen LogP contribution in [-0.2, 0) is 4.79 Å². The summed E-state index contributed by atoms with van der Waals surface area (Å²) < 4.78 is 0.762. The highest BCUT2D eigenvalue weighted by molar-refractivity contribution is 8.47. The van der Waals surface area contributed by atoms with Crippen LogP contribution in [0, 0.1) is 11.3 Å². The van der Waals surface area contributed by atoms with Crippen molar-refractivity contribution in [2.45, 2.75) is 31.4 Å². The van der Waals surface area contributed by atoms with Crippen LogP contribution in [-0.4, -0.2) is 41.5 Å². The highest BCUT2D eigenvalue weighted by Crippen LogP contribution is 2.34. The van der Waals surface area contributed by atoms with Crippen LogP contribution in [0.2, 0.25) is 0 Å². The van der Waals surface area contributed by atoms with Crippen molar-refractivity contribution in [3.8, 4) is 6.07 Å². The SMILES string of the molecule is CCSC(=S)SC(C)(C#N)CCC(=O)N1CCSC1=S. The largest absolute Gasteiger partial charge is 0.297 e. The third-order valence-corrected chi connectivity index (χ3v) is 6.76. The molecule has 0 saturated carbocycles. The Morgan fingerprint density at radius 2 is 2.35 bits per heavy atom. The summed E-state index contributed by atoms with van der Waals surface area (Å²) in [5.41, 5.74) is 0. The van der Waals surface area contributed by atoms with Gasteiger partial charge >= 0.3 is 0 Å². The topological polar surface area (TPSA) is 44.1 Å². The van der Waals surface area contributed by atoms with Crippen LogP contribution in [0.25, 0.3) is 0 Å². The van der Waals surface area contributed by atoms with E-state index >= 15 is 0 Å². The molecule has 1 amide bonds. The maximum atomic E-state index is 12.1. The minimum atomic E-state index is -0.649. The number of nitrogens with zero attached hydrogens (tertiary/aromatic N) is 2. The first-order valence-corrected chi connectivity index (χ1v) is 9.76. The molecule has 8 heteroatoms. The number of thioether (sulfide) groups is 3. The van der Waals surface area contributed by atoms with E-state index < -0.39 is 4.75 Å². The summed E-state index contributed by atoms with van der Waals surface area (Å²) in [4.78, 5) is 13.7. The second-order valence-corrected chi connectivity index (χ2v) is 9.99. The van der Waals surface area contributed by atoms with Gasteiger partial charge in [-0.2, -0.15) is 5.26 Å². The predicted octanol–water partition coefficient (Wildman–Crippen LogP) is 3.68. The Hall–Kier alpha value is 0.190. The molecule has 0 aromatic carbocycles. The van der Waals surface area contributed by atoms with Gasteiger partial charge in [0.05, 0.1) is 6.07 Å². The molecule has 1 fully saturated rings. The quantitative estimate of drug-likeness (QED) is 0.689. The molecule has 1 saturated heterocycles. The Morgan fingerprint density at radius 1 is 1.65 bits per heavy atom. The van der Waals surface area contributed by atoms with Crippen molar-refractivity contribution in [2.24, 2.45) is 0 Å². The molecule has 0 bridgehead atoms. The summed E-state index contributed by atoms with van der Waals surface area (Å²) in [6.07, 6.45) is 0.818. The van der Waals surface area contributed by atoms with E-state index in [0.29, 0.717) is 23.7 Å². The van der Waals surface area contributed by atoms with Crippen LogP contribution in [0.1, 0.15) is 26.7 Å². The molecule has 0 aromatic rings. The zero-order chi connectivity index (χ0) is 15.2. The molecule has 20 heavy (non-hydrogen) atoms. The maximum Gasteiger partial charge on any atom is 0.228 e. The van der Waals surface area contributed by atoms with Crippen LogP contribution in [0.4, 0.5) is 0 Å². The normalized spacial score (nSPS) is 17.6. The van der Waals surface area contributed by atoms with E-state index in [1.165, 1.54) is 23.5 Å². The number of carbonyl (C=O) groups is 1. The third kappa shape index (κ3) is 5.53. The molecular formula is C12H16N2OS5. The van der Waals surface area contributed by atoms with Gasteiger partial charge in [0.1, 0.15) is 12.6 Å². The fourth-order valence-corrected chi connectivity index (χ4v) is 5.70. The van der Waals surface area contributed by atoms with Crippen molar-refractivity contribution in [3.05, 3.63) is 0 Å². The Balaban J connectivity index is 2.52. The van der Waals surface area contributed by atoms with Crippen LogP contribution < -0.4 is 0 Å². The fraction of sp³-hybridized carbons (Fsp3) is 0.667. The Morgan fingerprint density at radius 3 is 2.85 bits per heavy atom. The van der Waals surface area contributed by atoms with E-state index in [1.54, 1.807) is 16.7 Å². The highest BCUT2D eigenvalue weighted by atomic mass is 32.2. The van der Waals surface area contributed by atoms with E-state index in [4.69, 9.17) is 24.4 Å². The van der Waals surface area contributed by atoms with Gasteiger partial charge in [0.15, 0.2) is 0 Å². The number of hydrogen-bond acceptors (Lipinski definition) is 7. The van der Waals surface area contributed by atoms with E-state index in [2.05, 4.69) is 6.07 Å². The first-order chi connectivity index (χ1) is 9.41. The van der Waals surface area contributed by atoms with Crippen LogP contribution in [0.5, 0.6) is 0 Å². The van der Waals surface area contributed by atoms with Gasteiger partial charge < -0.3 is 0 Å². The molecular weight excluding hydrogens is 348 g/mol. The molecule has 1 heterocycles. The van der Waals surface area contributed by atoms with Crippen molar-refractivity contribution < 1.29 is 4.79 Å². The number of amides is 1. The summed E-state index contributed by atoms with van der Waals surface area (Å²) in [5, 5.41) is 9.34. The summed E-state index contributed by atoms with van der Waals surface area (Å²) >= 11 is 14.8. The second kappa shape index (κ2) is 8.59. The van der Waals surface area contributed by atoms with Crippen LogP contribution in [0.15, 0.2) is 0 Å². The summed E-state index contributed by atoms with van der Waals surface area (Å²) in [5.74, 6) is 1.77. The Labute approximate surface area is 143 Å². The maximum absolute atomic E-state index is 12.1. The van der Waals surface area contributed by atoms with E-state index in [-0.39, 0.29) is 5.91 Å². The van der Waals surface area contributed by atoms with Gasteiger partial charge in [-0.1, -0.05) is 54.9 Å². The molecule has 0 radical (unpaired) electrons. The molecule has 1 unspecified atom stereocenters. The smallest absolute Gasteiger partial charge is 0.228 e. The molecule has 0 N–H and O–H groups in total. The van der Waals surface area contributed by atoms with Gasteiger partial charge in [-0.25, -0.2) is 0 Å². The van der Waals surface area contributed by atoms with E-state index in [1.807, 2.05) is 13.8 Å². The molecule has 0 aromatic heterocycles. The Bertz CT molecular complexity index is 448. The molecule has 0 aliphatic carbocycles. The lowest BCUT2D eigenvalue weighted by Crippen LogP contribution is -2.32. The lowest BCUT2D eigenvalue weighted by Gasteiger charge is -2.22. The number of rotatable bonds is 5. The second-order valence-electron chi connectivity index (χ2n) is 4.29. The lowest BCUT2D eigenvalue weighted by molar-refractivity contribution is -0.127. The standard InChI is InChI=1S/C12H16N2OS5/c1-3-18-11(17)20-12(2,8-13)5-4-9(15)14-6-7-19-10(14)16/h3-7H2,1-2H3. The van der Waals surface area contributed by atoms with Gasteiger partial charge in [-0.3, -0.25) is 9.69 Å². The van der Waals surface area contributed by atoms with Gasteiger partial charge in [0.2, 0.25) is 5.91 Å². The minimum Gasteiger partial charge on any atom is -0.297 e. The van der Waals surface area contributed by atoms with E-state index in [9.17, 15) is 10.1 Å². The van der Waals surface area contributed by atoms with Gasteiger partial charge in [0, 0.05) is 18.7 Å². The summed E-state index contributed by atoms with van der Waals surface area (Å²) in [6.45, 7) is 4.55. The number of hydrogen-bond donors (Lipinski definition) is 0. The number of nitriles is 1. The highest BCUT2D eigenvalue weighted by Gasteiger charge is 2.30. The van der Waals surface area contributed by atoms with Crippen molar-refractivity contribution in [2.75, 3.05) is 18.1 Å². The van der Waals surface area contributed by atoms with Crippen molar-refractivity contribution in [1.29, 1.82) is 5.26 Å². The predicted molar refractivity (Wildman–Crippen MR) is 98.3 cm³/mol. The Kier molecular flexibility index (Phi) is 7.83. The average molecular weight is 365 g/mol. The third-order valence-electron chi connectivity index (χ3n) is 2.69. The zero-order valence-electron chi connectivity index (χ0n) is 11.4.